The molecule has 0 aliphatic heterocycles. The first kappa shape index (κ1) is 15.6. The number of hydrogen-bond acceptors (Lipinski definition) is 4. The van der Waals surface area contributed by atoms with Crippen molar-refractivity contribution in [2.75, 3.05) is 11.9 Å². The lowest BCUT2D eigenvalue weighted by molar-refractivity contribution is 0.101. The van der Waals surface area contributed by atoms with E-state index in [0.29, 0.717) is 22.4 Å². The summed E-state index contributed by atoms with van der Waals surface area (Å²) in [5, 5.41) is 3.78. The van der Waals surface area contributed by atoms with Crippen LogP contribution in [-0.4, -0.2) is 22.0 Å². The molecule has 0 bridgehead atoms. The first-order valence-electron chi connectivity index (χ1n) is 6.34. The second-order valence-corrected chi connectivity index (χ2v) is 6.00. The molecular formula is C14H15ClN4OS. The topological polar surface area (TPSA) is 72.9 Å². The van der Waals surface area contributed by atoms with Crippen LogP contribution in [0, 0.1) is 11.8 Å². The summed E-state index contributed by atoms with van der Waals surface area (Å²) >= 11 is 7.28. The van der Waals surface area contributed by atoms with Crippen LogP contribution in [0.25, 0.3) is 0 Å². The minimum atomic E-state index is -0.247. The summed E-state index contributed by atoms with van der Waals surface area (Å²) < 4.78 is 1.82. The minimum absolute atomic E-state index is 0.139. The van der Waals surface area contributed by atoms with E-state index in [-0.39, 0.29) is 11.9 Å². The number of aromatic nitrogens is 2. The number of anilines is 1. The monoisotopic (exact) mass is 322 g/mol. The van der Waals surface area contributed by atoms with Gasteiger partial charge in [-0.1, -0.05) is 34.8 Å². The van der Waals surface area contributed by atoms with Gasteiger partial charge in [0.15, 0.2) is 5.13 Å². The fourth-order valence-corrected chi connectivity index (χ4v) is 2.64. The van der Waals surface area contributed by atoms with Gasteiger partial charge in [-0.3, -0.25) is 10.1 Å². The third-order valence-corrected chi connectivity index (χ3v) is 3.68. The fourth-order valence-electron chi connectivity index (χ4n) is 1.74. The van der Waals surface area contributed by atoms with Crippen LogP contribution in [0.15, 0.2) is 18.5 Å². The molecular weight excluding hydrogens is 308 g/mol. The number of halogens is 1. The zero-order valence-electron chi connectivity index (χ0n) is 11.7. The predicted molar refractivity (Wildman–Crippen MR) is 85.8 cm³/mol. The molecule has 5 nitrogen and oxygen atoms in total. The van der Waals surface area contributed by atoms with Crippen molar-refractivity contribution in [2.24, 2.45) is 5.73 Å². The lowest BCUT2D eigenvalue weighted by Gasteiger charge is -2.11. The summed E-state index contributed by atoms with van der Waals surface area (Å²) in [4.78, 5) is 17.2. The van der Waals surface area contributed by atoms with Crippen LogP contribution in [0.1, 0.15) is 35.3 Å². The Balaban J connectivity index is 2.16. The van der Waals surface area contributed by atoms with E-state index in [1.807, 2.05) is 18.4 Å². The van der Waals surface area contributed by atoms with Gasteiger partial charge in [-0.2, -0.15) is 0 Å². The smallest absolute Gasteiger partial charge is 0.274 e. The Bertz CT molecular complexity index is 708. The Morgan fingerprint density at radius 1 is 1.62 bits per heavy atom. The Morgan fingerprint density at radius 3 is 3.05 bits per heavy atom. The second kappa shape index (κ2) is 6.76. The highest BCUT2D eigenvalue weighted by molar-refractivity contribution is 7.16. The molecule has 1 amide bonds. The fraction of sp³-hybridized carbons (Fsp3) is 0.286. The Labute approximate surface area is 132 Å². The van der Waals surface area contributed by atoms with E-state index >= 15 is 0 Å². The van der Waals surface area contributed by atoms with Gasteiger partial charge in [0.1, 0.15) is 5.69 Å². The molecule has 0 fully saturated rings. The molecule has 0 atom stereocenters. The van der Waals surface area contributed by atoms with Gasteiger partial charge in [0.05, 0.1) is 22.6 Å². The molecule has 0 aromatic carbocycles. The molecule has 2 aromatic rings. The van der Waals surface area contributed by atoms with Crippen molar-refractivity contribution in [2.45, 2.75) is 19.9 Å². The minimum Gasteiger partial charge on any atom is -0.339 e. The number of nitrogens with two attached hydrogens (primary N) is 1. The Hall–Kier alpha value is -1.81. The van der Waals surface area contributed by atoms with Crippen LogP contribution in [-0.2, 0) is 0 Å². The standard InChI is InChI=1S/C14H15ClN4OS/c1-9(2)19-8-10(15)6-12(19)13(20)18-14-17-7-11(21-14)4-3-5-16/h6-9H,5,16H2,1-2H3,(H,17,18,20). The van der Waals surface area contributed by atoms with Gasteiger partial charge in [0.2, 0.25) is 0 Å². The van der Waals surface area contributed by atoms with E-state index in [9.17, 15) is 4.79 Å². The van der Waals surface area contributed by atoms with E-state index < -0.39 is 0 Å². The number of rotatable bonds is 3. The van der Waals surface area contributed by atoms with E-state index in [1.165, 1.54) is 11.3 Å². The van der Waals surface area contributed by atoms with E-state index in [4.69, 9.17) is 17.3 Å². The first-order valence-corrected chi connectivity index (χ1v) is 7.54. The van der Waals surface area contributed by atoms with Crippen molar-refractivity contribution in [1.82, 2.24) is 9.55 Å². The average molecular weight is 323 g/mol. The molecule has 7 heteroatoms. The molecule has 3 N–H and O–H groups in total. The molecule has 110 valence electrons. The third kappa shape index (κ3) is 3.85. The summed E-state index contributed by atoms with van der Waals surface area (Å²) in [6.07, 6.45) is 3.35. The number of amides is 1. The number of carbonyl (C=O) groups is 1. The molecule has 2 heterocycles. The molecule has 0 saturated carbocycles. The molecule has 0 radical (unpaired) electrons. The number of thiazole rings is 1. The second-order valence-electron chi connectivity index (χ2n) is 4.53. The van der Waals surface area contributed by atoms with Gasteiger partial charge in [0.25, 0.3) is 5.91 Å². The summed E-state index contributed by atoms with van der Waals surface area (Å²) in [5.74, 6) is 5.37. The van der Waals surface area contributed by atoms with Crippen LogP contribution in [0.3, 0.4) is 0 Å². The van der Waals surface area contributed by atoms with Crippen molar-refractivity contribution < 1.29 is 4.79 Å². The lowest BCUT2D eigenvalue weighted by atomic mass is 10.3. The van der Waals surface area contributed by atoms with Crippen LogP contribution in [0.5, 0.6) is 0 Å². The summed E-state index contributed by atoms with van der Waals surface area (Å²) in [6, 6.07) is 1.78. The first-order chi connectivity index (χ1) is 10.0. The maximum absolute atomic E-state index is 12.3. The van der Waals surface area contributed by atoms with Crippen LogP contribution in [0.4, 0.5) is 5.13 Å². The maximum Gasteiger partial charge on any atom is 0.274 e. The van der Waals surface area contributed by atoms with Crippen molar-refractivity contribution in [3.63, 3.8) is 0 Å². The molecule has 21 heavy (non-hydrogen) atoms. The largest absolute Gasteiger partial charge is 0.339 e. The number of hydrogen-bond donors (Lipinski definition) is 2. The van der Waals surface area contributed by atoms with Gasteiger partial charge in [-0.25, -0.2) is 4.98 Å². The van der Waals surface area contributed by atoms with Crippen LogP contribution in [0.2, 0.25) is 5.02 Å². The SMILES string of the molecule is CC(C)n1cc(Cl)cc1C(=O)Nc1ncc(C#CCN)s1. The summed E-state index contributed by atoms with van der Waals surface area (Å²) in [7, 11) is 0. The highest BCUT2D eigenvalue weighted by Gasteiger charge is 2.16. The summed E-state index contributed by atoms with van der Waals surface area (Å²) in [6.45, 7) is 4.26. The quantitative estimate of drug-likeness (QED) is 0.853. The number of nitrogens with one attached hydrogen (secondary N) is 1. The van der Waals surface area contributed by atoms with Crippen molar-refractivity contribution in [3.8, 4) is 11.8 Å². The van der Waals surface area contributed by atoms with Crippen LogP contribution < -0.4 is 11.1 Å². The van der Waals surface area contributed by atoms with Gasteiger partial charge >= 0.3 is 0 Å². The van der Waals surface area contributed by atoms with Gasteiger partial charge in [0, 0.05) is 12.2 Å². The predicted octanol–water partition coefficient (Wildman–Crippen LogP) is 2.74. The van der Waals surface area contributed by atoms with Gasteiger partial charge in [-0.05, 0) is 19.9 Å². The normalized spacial score (nSPS) is 10.3. The average Bonchev–Trinajstić information content (AvgIpc) is 3.03. The highest BCUT2D eigenvalue weighted by atomic mass is 35.5. The van der Waals surface area contributed by atoms with Crippen LogP contribution >= 0.6 is 22.9 Å². The van der Waals surface area contributed by atoms with E-state index in [2.05, 4.69) is 22.1 Å². The molecule has 0 saturated heterocycles. The third-order valence-electron chi connectivity index (χ3n) is 2.64. The zero-order valence-corrected chi connectivity index (χ0v) is 13.3. The molecule has 0 unspecified atom stereocenters. The number of nitrogens with zero attached hydrogens (tertiary/aromatic N) is 2. The number of carbonyl (C=O) groups excluding carboxylic acids is 1. The van der Waals surface area contributed by atoms with E-state index in [0.717, 1.165) is 4.88 Å². The highest BCUT2D eigenvalue weighted by Crippen LogP contribution is 2.22. The van der Waals surface area contributed by atoms with Crippen molar-refractivity contribution in [1.29, 1.82) is 0 Å². The lowest BCUT2D eigenvalue weighted by Crippen LogP contribution is -2.17. The van der Waals surface area contributed by atoms with Gasteiger partial charge in [-0.15, -0.1) is 0 Å². The Morgan fingerprint density at radius 2 is 2.38 bits per heavy atom. The van der Waals surface area contributed by atoms with Crippen molar-refractivity contribution >= 4 is 34.0 Å². The summed E-state index contributed by atoms with van der Waals surface area (Å²) in [5.41, 5.74) is 5.81. The molecule has 2 aromatic heterocycles. The molecule has 0 aliphatic rings. The maximum atomic E-state index is 12.3. The molecule has 0 spiro atoms. The van der Waals surface area contributed by atoms with Gasteiger partial charge < -0.3 is 10.3 Å². The van der Waals surface area contributed by atoms with E-state index in [1.54, 1.807) is 18.5 Å². The zero-order chi connectivity index (χ0) is 15.4. The molecule has 0 aliphatic carbocycles. The molecule has 2 rings (SSSR count). The Kier molecular flexibility index (Phi) is 5.02. The van der Waals surface area contributed by atoms with Crippen molar-refractivity contribution in [3.05, 3.63) is 34.1 Å².